The molecule has 2 aromatic carbocycles. The van der Waals surface area contributed by atoms with Crippen LogP contribution in [0.1, 0.15) is 21.5 Å². The number of fused-ring (bicyclic) bond motifs is 1. The van der Waals surface area contributed by atoms with Crippen molar-refractivity contribution < 1.29 is 4.79 Å². The molecular weight excluding hydrogens is 331 g/mol. The van der Waals surface area contributed by atoms with Gasteiger partial charge in [0.15, 0.2) is 0 Å². The molecule has 0 aliphatic heterocycles. The number of nitrogens with one attached hydrogen (secondary N) is 2. The third-order valence-corrected chi connectivity index (χ3v) is 4.33. The van der Waals surface area contributed by atoms with E-state index in [-0.39, 0.29) is 5.91 Å². The SMILES string of the molecule is Cc1ccc2[nH]cc(CCNC(=O)c3ccc(Cl)cc3Cl)c2c1. The first-order chi connectivity index (χ1) is 11.0. The number of halogens is 2. The van der Waals surface area contributed by atoms with Gasteiger partial charge >= 0.3 is 0 Å². The number of benzene rings is 2. The maximum Gasteiger partial charge on any atom is 0.252 e. The summed E-state index contributed by atoms with van der Waals surface area (Å²) in [6.45, 7) is 2.61. The van der Waals surface area contributed by atoms with Gasteiger partial charge in [-0.1, -0.05) is 34.8 Å². The normalized spacial score (nSPS) is 10.9. The van der Waals surface area contributed by atoms with Gasteiger partial charge < -0.3 is 10.3 Å². The van der Waals surface area contributed by atoms with Crippen molar-refractivity contribution in [2.24, 2.45) is 0 Å². The number of hydrogen-bond acceptors (Lipinski definition) is 1. The molecule has 3 aromatic rings. The average Bonchev–Trinajstić information content (AvgIpc) is 2.89. The summed E-state index contributed by atoms with van der Waals surface area (Å²) in [4.78, 5) is 15.4. The molecular formula is C18H16Cl2N2O. The molecule has 0 aliphatic rings. The number of aromatic nitrogens is 1. The van der Waals surface area contributed by atoms with E-state index in [1.54, 1.807) is 18.2 Å². The van der Waals surface area contributed by atoms with E-state index in [0.29, 0.717) is 22.2 Å². The smallest absolute Gasteiger partial charge is 0.252 e. The van der Waals surface area contributed by atoms with Gasteiger partial charge in [-0.2, -0.15) is 0 Å². The first-order valence-electron chi connectivity index (χ1n) is 7.34. The van der Waals surface area contributed by atoms with Gasteiger partial charge in [0.1, 0.15) is 0 Å². The number of carbonyl (C=O) groups excluding carboxylic acids is 1. The lowest BCUT2D eigenvalue weighted by atomic mass is 10.1. The lowest BCUT2D eigenvalue weighted by Crippen LogP contribution is -2.25. The molecule has 5 heteroatoms. The minimum atomic E-state index is -0.192. The molecule has 1 heterocycles. The summed E-state index contributed by atoms with van der Waals surface area (Å²) in [7, 11) is 0. The van der Waals surface area contributed by atoms with Gasteiger partial charge in [0.05, 0.1) is 10.6 Å². The van der Waals surface area contributed by atoms with Gasteiger partial charge in [-0.25, -0.2) is 0 Å². The van der Waals surface area contributed by atoms with Crippen molar-refractivity contribution in [2.45, 2.75) is 13.3 Å². The zero-order valence-corrected chi connectivity index (χ0v) is 14.1. The van der Waals surface area contributed by atoms with Gasteiger partial charge in [0.2, 0.25) is 0 Å². The van der Waals surface area contributed by atoms with Crippen LogP contribution in [-0.4, -0.2) is 17.4 Å². The summed E-state index contributed by atoms with van der Waals surface area (Å²) in [6, 6.07) is 11.2. The fraction of sp³-hybridized carbons (Fsp3) is 0.167. The van der Waals surface area contributed by atoms with Crippen LogP contribution >= 0.6 is 23.2 Å². The molecule has 0 saturated heterocycles. The maximum absolute atomic E-state index is 12.2. The van der Waals surface area contributed by atoms with Crippen molar-refractivity contribution in [1.29, 1.82) is 0 Å². The van der Waals surface area contributed by atoms with Crippen molar-refractivity contribution in [3.05, 3.63) is 69.3 Å². The van der Waals surface area contributed by atoms with Gasteiger partial charge in [0, 0.05) is 28.7 Å². The Bertz CT molecular complexity index is 871. The third kappa shape index (κ3) is 3.52. The van der Waals surface area contributed by atoms with Crippen LogP contribution in [0.4, 0.5) is 0 Å². The molecule has 23 heavy (non-hydrogen) atoms. The highest BCUT2D eigenvalue weighted by molar-refractivity contribution is 6.36. The molecule has 0 fully saturated rings. The van der Waals surface area contributed by atoms with Crippen molar-refractivity contribution in [3.8, 4) is 0 Å². The summed E-state index contributed by atoms with van der Waals surface area (Å²) < 4.78 is 0. The summed E-state index contributed by atoms with van der Waals surface area (Å²) in [6.07, 6.45) is 2.74. The number of aromatic amines is 1. The number of hydrogen-bond donors (Lipinski definition) is 2. The number of H-pyrrole nitrogens is 1. The van der Waals surface area contributed by atoms with E-state index in [9.17, 15) is 4.79 Å². The number of aryl methyl sites for hydroxylation is 1. The van der Waals surface area contributed by atoms with E-state index in [2.05, 4.69) is 35.4 Å². The molecule has 0 bridgehead atoms. The van der Waals surface area contributed by atoms with Crippen LogP contribution in [0.25, 0.3) is 10.9 Å². The molecule has 0 spiro atoms. The van der Waals surface area contributed by atoms with E-state index in [0.717, 1.165) is 11.9 Å². The molecule has 0 atom stereocenters. The van der Waals surface area contributed by atoms with Crippen molar-refractivity contribution in [1.82, 2.24) is 10.3 Å². The maximum atomic E-state index is 12.2. The largest absolute Gasteiger partial charge is 0.361 e. The fourth-order valence-electron chi connectivity index (χ4n) is 2.58. The topological polar surface area (TPSA) is 44.9 Å². The molecule has 118 valence electrons. The highest BCUT2D eigenvalue weighted by Crippen LogP contribution is 2.21. The van der Waals surface area contributed by atoms with Crippen molar-refractivity contribution in [3.63, 3.8) is 0 Å². The molecule has 3 nitrogen and oxygen atoms in total. The van der Waals surface area contributed by atoms with Crippen molar-refractivity contribution in [2.75, 3.05) is 6.54 Å². The average molecular weight is 347 g/mol. The highest BCUT2D eigenvalue weighted by atomic mass is 35.5. The van der Waals surface area contributed by atoms with E-state index in [1.165, 1.54) is 16.5 Å². The zero-order valence-electron chi connectivity index (χ0n) is 12.6. The highest BCUT2D eigenvalue weighted by Gasteiger charge is 2.11. The van der Waals surface area contributed by atoms with Gasteiger partial charge in [-0.05, 0) is 49.2 Å². The van der Waals surface area contributed by atoms with Crippen molar-refractivity contribution >= 4 is 40.0 Å². The second kappa shape index (κ2) is 6.65. The third-order valence-electron chi connectivity index (χ3n) is 3.78. The monoisotopic (exact) mass is 346 g/mol. The molecule has 0 saturated carbocycles. The Morgan fingerprint density at radius 2 is 2.00 bits per heavy atom. The first-order valence-corrected chi connectivity index (χ1v) is 8.10. The molecule has 1 amide bonds. The molecule has 0 aliphatic carbocycles. The number of carbonyl (C=O) groups is 1. The first kappa shape index (κ1) is 15.9. The minimum Gasteiger partial charge on any atom is -0.361 e. The standard InChI is InChI=1S/C18H16Cl2N2O/c1-11-2-5-17-15(8-11)12(10-22-17)6-7-21-18(23)14-4-3-13(19)9-16(14)20/h2-5,8-10,22H,6-7H2,1H3,(H,21,23). The lowest BCUT2D eigenvalue weighted by molar-refractivity contribution is 0.0954. The Morgan fingerprint density at radius 3 is 2.78 bits per heavy atom. The van der Waals surface area contributed by atoms with E-state index >= 15 is 0 Å². The van der Waals surface area contributed by atoms with Crippen LogP contribution in [0.15, 0.2) is 42.6 Å². The summed E-state index contributed by atoms with van der Waals surface area (Å²) in [5, 5.41) is 4.97. The molecule has 0 unspecified atom stereocenters. The quantitative estimate of drug-likeness (QED) is 0.702. The second-order valence-corrected chi connectivity index (χ2v) is 6.34. The molecule has 1 aromatic heterocycles. The van der Waals surface area contributed by atoms with E-state index < -0.39 is 0 Å². The Kier molecular flexibility index (Phi) is 4.60. The summed E-state index contributed by atoms with van der Waals surface area (Å²) >= 11 is 11.9. The Balaban J connectivity index is 1.66. The van der Waals surface area contributed by atoms with Crippen LogP contribution < -0.4 is 5.32 Å². The van der Waals surface area contributed by atoms with E-state index in [4.69, 9.17) is 23.2 Å². The Morgan fingerprint density at radius 1 is 1.17 bits per heavy atom. The molecule has 2 N–H and O–H groups in total. The van der Waals surface area contributed by atoms with Gasteiger partial charge in [0.25, 0.3) is 5.91 Å². The molecule has 3 rings (SSSR count). The van der Waals surface area contributed by atoms with Crippen LogP contribution in [0.5, 0.6) is 0 Å². The Hall–Kier alpha value is -1.97. The summed E-state index contributed by atoms with van der Waals surface area (Å²) in [5.74, 6) is -0.192. The van der Waals surface area contributed by atoms with E-state index in [1.807, 2.05) is 6.20 Å². The van der Waals surface area contributed by atoms with Crippen LogP contribution in [-0.2, 0) is 6.42 Å². The second-order valence-electron chi connectivity index (χ2n) is 5.49. The predicted octanol–water partition coefficient (Wildman–Crippen LogP) is 4.76. The zero-order chi connectivity index (χ0) is 16.4. The van der Waals surface area contributed by atoms with Gasteiger partial charge in [-0.15, -0.1) is 0 Å². The van der Waals surface area contributed by atoms with Crippen LogP contribution in [0.2, 0.25) is 10.0 Å². The Labute approximate surface area is 144 Å². The number of rotatable bonds is 4. The number of amides is 1. The lowest BCUT2D eigenvalue weighted by Gasteiger charge is -2.07. The van der Waals surface area contributed by atoms with Crippen LogP contribution in [0, 0.1) is 6.92 Å². The predicted molar refractivity (Wildman–Crippen MR) is 95.5 cm³/mol. The molecule has 0 radical (unpaired) electrons. The van der Waals surface area contributed by atoms with Gasteiger partial charge in [-0.3, -0.25) is 4.79 Å². The minimum absolute atomic E-state index is 0.192. The fourth-order valence-corrected chi connectivity index (χ4v) is 3.07. The van der Waals surface area contributed by atoms with Crippen LogP contribution in [0.3, 0.4) is 0 Å². The summed E-state index contributed by atoms with van der Waals surface area (Å²) in [5.41, 5.74) is 3.95.